The first-order valence-corrected chi connectivity index (χ1v) is 9.53. The molecule has 2 aliphatic heterocycles. The molecule has 146 valence electrons. The number of benzene rings is 1. The summed E-state index contributed by atoms with van der Waals surface area (Å²) >= 11 is 0. The molecule has 1 unspecified atom stereocenters. The summed E-state index contributed by atoms with van der Waals surface area (Å²) in [5, 5.41) is 12.6. The molecule has 2 saturated heterocycles. The van der Waals surface area contributed by atoms with E-state index in [0.29, 0.717) is 38.0 Å². The number of hydrogen-bond donors (Lipinski definition) is 2. The molecule has 3 amide bonds. The summed E-state index contributed by atoms with van der Waals surface area (Å²) in [4.78, 5) is 40.5. The molecule has 7 heteroatoms. The van der Waals surface area contributed by atoms with Gasteiger partial charge in [-0.1, -0.05) is 6.07 Å². The molecule has 1 atom stereocenters. The lowest BCUT2D eigenvalue weighted by Gasteiger charge is -2.33. The van der Waals surface area contributed by atoms with Gasteiger partial charge in [0.05, 0.1) is 5.92 Å². The van der Waals surface area contributed by atoms with E-state index in [4.69, 9.17) is 0 Å². The zero-order chi connectivity index (χ0) is 19.6. The maximum absolute atomic E-state index is 12.5. The number of hydrogen-bond acceptors (Lipinski definition) is 4. The van der Waals surface area contributed by atoms with Crippen molar-refractivity contribution in [1.82, 2.24) is 15.1 Å². The van der Waals surface area contributed by atoms with Crippen molar-refractivity contribution in [2.24, 2.45) is 5.92 Å². The molecule has 2 N–H and O–H groups in total. The highest BCUT2D eigenvalue weighted by Crippen LogP contribution is 2.22. The number of likely N-dealkylation sites (tertiary alicyclic amines) is 2. The molecule has 7 nitrogen and oxygen atoms in total. The van der Waals surface area contributed by atoms with Gasteiger partial charge in [-0.25, -0.2) is 0 Å². The molecular weight excluding hydrogens is 346 g/mol. The zero-order valence-corrected chi connectivity index (χ0v) is 15.9. The van der Waals surface area contributed by atoms with Crippen LogP contribution in [0.3, 0.4) is 0 Å². The fraction of sp³-hybridized carbons (Fsp3) is 0.550. The molecule has 3 rings (SSSR count). The number of nitrogens with zero attached hydrogens (tertiary/aromatic N) is 2. The molecule has 2 aliphatic rings. The third-order valence-corrected chi connectivity index (χ3v) is 5.37. The molecule has 0 bridgehead atoms. The standard InChI is InChI=1S/C20H27N3O4/c1-13(2)23-12-15(11-18(23)25)19(26)21-16-6-8-22(9-7-16)20(27)14-4-3-5-17(24)10-14/h3-5,10,13,15-16,24H,6-9,11-12H2,1-2H3,(H,21,26). The summed E-state index contributed by atoms with van der Waals surface area (Å²) in [6, 6.07) is 6.48. The second-order valence-electron chi connectivity index (χ2n) is 7.67. The number of carbonyl (C=O) groups is 3. The van der Waals surface area contributed by atoms with Crippen LogP contribution in [0.5, 0.6) is 5.75 Å². The highest BCUT2D eigenvalue weighted by molar-refractivity contribution is 5.94. The van der Waals surface area contributed by atoms with Crippen LogP contribution in [-0.4, -0.2) is 64.3 Å². The lowest BCUT2D eigenvalue weighted by atomic mass is 10.0. The first kappa shape index (κ1) is 19.2. The Labute approximate surface area is 159 Å². The van der Waals surface area contributed by atoms with E-state index in [2.05, 4.69) is 5.32 Å². The minimum Gasteiger partial charge on any atom is -0.508 e. The number of aromatic hydroxyl groups is 1. The van der Waals surface area contributed by atoms with Crippen molar-refractivity contribution in [2.45, 2.75) is 45.2 Å². The fourth-order valence-corrected chi connectivity index (χ4v) is 3.77. The Kier molecular flexibility index (Phi) is 5.68. The van der Waals surface area contributed by atoms with Crippen LogP contribution in [0.1, 0.15) is 43.5 Å². The quantitative estimate of drug-likeness (QED) is 0.834. The predicted octanol–water partition coefficient (Wildman–Crippen LogP) is 1.37. The second kappa shape index (κ2) is 7.98. The number of phenols is 1. The Bertz CT molecular complexity index is 726. The summed E-state index contributed by atoms with van der Waals surface area (Å²) in [7, 11) is 0. The van der Waals surface area contributed by atoms with Gasteiger partial charge >= 0.3 is 0 Å². The number of carbonyl (C=O) groups excluding carboxylic acids is 3. The van der Waals surface area contributed by atoms with Crippen LogP contribution in [0.15, 0.2) is 24.3 Å². The first-order chi connectivity index (χ1) is 12.8. The van der Waals surface area contributed by atoms with Crippen LogP contribution < -0.4 is 5.32 Å². The smallest absolute Gasteiger partial charge is 0.253 e. The molecule has 0 aliphatic carbocycles. The van der Waals surface area contributed by atoms with Gasteiger partial charge in [-0.3, -0.25) is 14.4 Å². The van der Waals surface area contributed by atoms with Gasteiger partial charge in [0.15, 0.2) is 0 Å². The molecule has 2 heterocycles. The van der Waals surface area contributed by atoms with Crippen LogP contribution in [0.25, 0.3) is 0 Å². The highest BCUT2D eigenvalue weighted by Gasteiger charge is 2.36. The van der Waals surface area contributed by atoms with Crippen molar-refractivity contribution in [3.8, 4) is 5.75 Å². The molecule has 1 aromatic carbocycles. The predicted molar refractivity (Wildman–Crippen MR) is 100 cm³/mol. The Morgan fingerprint density at radius 2 is 1.93 bits per heavy atom. The Morgan fingerprint density at radius 3 is 2.52 bits per heavy atom. The van der Waals surface area contributed by atoms with E-state index in [1.54, 1.807) is 21.9 Å². The van der Waals surface area contributed by atoms with Crippen molar-refractivity contribution in [2.75, 3.05) is 19.6 Å². The molecular formula is C20H27N3O4. The molecule has 0 spiro atoms. The average molecular weight is 373 g/mol. The van der Waals surface area contributed by atoms with E-state index in [-0.39, 0.29) is 47.9 Å². The Balaban J connectivity index is 1.49. The summed E-state index contributed by atoms with van der Waals surface area (Å²) in [5.74, 6) is -0.345. The topological polar surface area (TPSA) is 90.0 Å². The number of piperidine rings is 1. The zero-order valence-electron chi connectivity index (χ0n) is 15.9. The summed E-state index contributed by atoms with van der Waals surface area (Å²) in [6.07, 6.45) is 1.65. The van der Waals surface area contributed by atoms with Gasteiger partial charge in [-0.15, -0.1) is 0 Å². The Morgan fingerprint density at radius 1 is 1.22 bits per heavy atom. The average Bonchev–Trinajstić information content (AvgIpc) is 3.04. The van der Waals surface area contributed by atoms with E-state index < -0.39 is 0 Å². The fourth-order valence-electron chi connectivity index (χ4n) is 3.77. The lowest BCUT2D eigenvalue weighted by Crippen LogP contribution is -2.48. The van der Waals surface area contributed by atoms with Gasteiger partial charge in [-0.05, 0) is 44.9 Å². The van der Waals surface area contributed by atoms with Crippen LogP contribution in [0.4, 0.5) is 0 Å². The minimum absolute atomic E-state index is 0.0222. The van der Waals surface area contributed by atoms with E-state index in [9.17, 15) is 19.5 Å². The second-order valence-corrected chi connectivity index (χ2v) is 7.67. The van der Waals surface area contributed by atoms with E-state index >= 15 is 0 Å². The van der Waals surface area contributed by atoms with Gasteiger partial charge in [0.25, 0.3) is 5.91 Å². The van der Waals surface area contributed by atoms with Crippen molar-refractivity contribution in [3.05, 3.63) is 29.8 Å². The molecule has 2 fully saturated rings. The number of amides is 3. The largest absolute Gasteiger partial charge is 0.508 e. The van der Waals surface area contributed by atoms with Gasteiger partial charge in [0, 0.05) is 43.7 Å². The van der Waals surface area contributed by atoms with Crippen LogP contribution in [0, 0.1) is 5.92 Å². The highest BCUT2D eigenvalue weighted by atomic mass is 16.3. The number of rotatable bonds is 4. The number of nitrogens with one attached hydrogen (secondary N) is 1. The van der Waals surface area contributed by atoms with Crippen LogP contribution in [0.2, 0.25) is 0 Å². The third kappa shape index (κ3) is 4.40. The van der Waals surface area contributed by atoms with Crippen molar-refractivity contribution >= 4 is 17.7 Å². The van der Waals surface area contributed by atoms with Gasteiger partial charge in [0.2, 0.25) is 11.8 Å². The van der Waals surface area contributed by atoms with Crippen molar-refractivity contribution < 1.29 is 19.5 Å². The lowest BCUT2D eigenvalue weighted by molar-refractivity contribution is -0.130. The molecule has 0 aromatic heterocycles. The SMILES string of the molecule is CC(C)N1CC(C(=O)NC2CCN(C(=O)c3cccc(O)c3)CC2)CC1=O. The third-order valence-electron chi connectivity index (χ3n) is 5.37. The Hall–Kier alpha value is -2.57. The van der Waals surface area contributed by atoms with E-state index in [1.165, 1.54) is 12.1 Å². The first-order valence-electron chi connectivity index (χ1n) is 9.53. The van der Waals surface area contributed by atoms with E-state index in [1.807, 2.05) is 13.8 Å². The summed E-state index contributed by atoms with van der Waals surface area (Å²) in [5.41, 5.74) is 0.468. The van der Waals surface area contributed by atoms with Gasteiger partial charge < -0.3 is 20.2 Å². The molecule has 1 aromatic rings. The van der Waals surface area contributed by atoms with Crippen molar-refractivity contribution in [3.63, 3.8) is 0 Å². The normalized spacial score (nSPS) is 21.0. The minimum atomic E-state index is -0.285. The van der Waals surface area contributed by atoms with Crippen LogP contribution in [-0.2, 0) is 9.59 Å². The van der Waals surface area contributed by atoms with Crippen LogP contribution >= 0.6 is 0 Å². The van der Waals surface area contributed by atoms with E-state index in [0.717, 1.165) is 0 Å². The molecule has 0 radical (unpaired) electrons. The molecule has 0 saturated carbocycles. The number of phenolic OH excluding ortho intramolecular Hbond substituents is 1. The molecule has 27 heavy (non-hydrogen) atoms. The maximum Gasteiger partial charge on any atom is 0.253 e. The summed E-state index contributed by atoms with van der Waals surface area (Å²) < 4.78 is 0. The maximum atomic E-state index is 12.5. The monoisotopic (exact) mass is 373 g/mol. The summed E-state index contributed by atoms with van der Waals surface area (Å²) in [6.45, 7) is 5.51. The van der Waals surface area contributed by atoms with Gasteiger partial charge in [-0.2, -0.15) is 0 Å². The van der Waals surface area contributed by atoms with Gasteiger partial charge in [0.1, 0.15) is 5.75 Å². The van der Waals surface area contributed by atoms with Crippen molar-refractivity contribution in [1.29, 1.82) is 0 Å².